The van der Waals surface area contributed by atoms with E-state index in [1.807, 2.05) is 4.90 Å². The second-order valence-corrected chi connectivity index (χ2v) is 5.20. The van der Waals surface area contributed by atoms with Gasteiger partial charge in [0, 0.05) is 32.1 Å². The van der Waals surface area contributed by atoms with Gasteiger partial charge in [0.2, 0.25) is 11.8 Å². The molecule has 0 aromatic carbocycles. The molecule has 0 aromatic heterocycles. The van der Waals surface area contributed by atoms with E-state index in [1.165, 1.54) is 0 Å². The van der Waals surface area contributed by atoms with Gasteiger partial charge in [-0.2, -0.15) is 0 Å². The molecule has 2 aliphatic rings. The average molecular weight is 239 g/mol. The highest BCUT2D eigenvalue weighted by Crippen LogP contribution is 2.17. The van der Waals surface area contributed by atoms with Crippen LogP contribution in [0.1, 0.15) is 19.8 Å². The Balaban J connectivity index is 2.00. The van der Waals surface area contributed by atoms with Crippen LogP contribution in [0.25, 0.3) is 0 Å². The summed E-state index contributed by atoms with van der Waals surface area (Å²) in [5.74, 6) is 0.00227. The molecule has 0 bridgehead atoms. The summed E-state index contributed by atoms with van der Waals surface area (Å²) in [5.41, 5.74) is 0. The minimum absolute atomic E-state index is 0.00273. The van der Waals surface area contributed by atoms with Gasteiger partial charge in [-0.3, -0.25) is 9.59 Å². The third-order valence-corrected chi connectivity index (χ3v) is 3.66. The van der Waals surface area contributed by atoms with E-state index in [-0.39, 0.29) is 23.8 Å². The molecule has 17 heavy (non-hydrogen) atoms. The van der Waals surface area contributed by atoms with Gasteiger partial charge in [0.25, 0.3) is 0 Å². The lowest BCUT2D eigenvalue weighted by molar-refractivity contribution is -0.137. The third kappa shape index (κ3) is 2.77. The molecule has 2 unspecified atom stereocenters. The molecule has 0 saturated carbocycles. The molecule has 5 heteroatoms. The third-order valence-electron chi connectivity index (χ3n) is 3.66. The number of rotatable bonds is 1. The van der Waals surface area contributed by atoms with Crippen LogP contribution in [0.5, 0.6) is 0 Å². The zero-order valence-corrected chi connectivity index (χ0v) is 10.6. The van der Waals surface area contributed by atoms with Gasteiger partial charge in [0.15, 0.2) is 0 Å². The van der Waals surface area contributed by atoms with Crippen molar-refractivity contribution in [2.75, 3.05) is 33.2 Å². The van der Waals surface area contributed by atoms with Gasteiger partial charge in [0.1, 0.15) is 0 Å². The summed E-state index contributed by atoms with van der Waals surface area (Å²) in [6.45, 7) is 5.37. The lowest BCUT2D eigenvalue weighted by atomic mass is 10.1. The Kier molecular flexibility index (Phi) is 3.66. The molecule has 2 rings (SSSR count). The monoisotopic (exact) mass is 239 g/mol. The van der Waals surface area contributed by atoms with Crippen molar-refractivity contribution in [2.24, 2.45) is 5.92 Å². The molecule has 96 valence electrons. The van der Waals surface area contributed by atoms with Gasteiger partial charge in [-0.25, -0.2) is 0 Å². The summed E-state index contributed by atoms with van der Waals surface area (Å²) < 4.78 is 0. The summed E-state index contributed by atoms with van der Waals surface area (Å²) in [6.07, 6.45) is 1.37. The Hall–Kier alpha value is -1.10. The normalized spacial score (nSPS) is 31.2. The van der Waals surface area contributed by atoms with Gasteiger partial charge in [0.05, 0.1) is 5.92 Å². The highest BCUT2D eigenvalue weighted by molar-refractivity contribution is 5.89. The van der Waals surface area contributed by atoms with Gasteiger partial charge in [-0.1, -0.05) is 0 Å². The highest BCUT2D eigenvalue weighted by atomic mass is 16.2. The molecule has 2 fully saturated rings. The first-order chi connectivity index (χ1) is 8.08. The summed E-state index contributed by atoms with van der Waals surface area (Å²) in [7, 11) is 2.09. The van der Waals surface area contributed by atoms with Crippen LogP contribution in [-0.4, -0.2) is 60.9 Å². The fraction of sp³-hybridized carbons (Fsp3) is 0.833. The molecule has 2 saturated heterocycles. The van der Waals surface area contributed by atoms with Crippen LogP contribution < -0.4 is 5.32 Å². The molecular weight excluding hydrogens is 218 g/mol. The van der Waals surface area contributed by atoms with Crippen LogP contribution in [-0.2, 0) is 9.59 Å². The maximum Gasteiger partial charge on any atom is 0.228 e. The van der Waals surface area contributed by atoms with E-state index in [0.29, 0.717) is 13.0 Å². The zero-order valence-electron chi connectivity index (χ0n) is 10.6. The lowest BCUT2D eigenvalue weighted by Gasteiger charge is -2.29. The van der Waals surface area contributed by atoms with Gasteiger partial charge in [-0.05, 0) is 26.9 Å². The summed E-state index contributed by atoms with van der Waals surface area (Å²) in [4.78, 5) is 27.7. The summed E-state index contributed by atoms with van der Waals surface area (Å²) in [5, 5.41) is 2.73. The van der Waals surface area contributed by atoms with Gasteiger partial charge in [-0.15, -0.1) is 0 Å². The zero-order chi connectivity index (χ0) is 12.4. The minimum atomic E-state index is -0.145. The topological polar surface area (TPSA) is 52.6 Å². The fourth-order valence-corrected chi connectivity index (χ4v) is 2.71. The molecule has 2 amide bonds. The first-order valence-electron chi connectivity index (χ1n) is 6.33. The molecular formula is C12H21N3O2. The Morgan fingerprint density at radius 3 is 2.82 bits per heavy atom. The second-order valence-electron chi connectivity index (χ2n) is 5.20. The van der Waals surface area contributed by atoms with Crippen molar-refractivity contribution < 1.29 is 9.59 Å². The lowest BCUT2D eigenvalue weighted by Crippen LogP contribution is -2.45. The Morgan fingerprint density at radius 1 is 1.41 bits per heavy atom. The molecule has 0 aromatic rings. The van der Waals surface area contributed by atoms with Crippen LogP contribution in [0, 0.1) is 5.92 Å². The quantitative estimate of drug-likeness (QED) is 0.682. The van der Waals surface area contributed by atoms with E-state index in [1.54, 1.807) is 0 Å². The van der Waals surface area contributed by atoms with Crippen molar-refractivity contribution in [3.63, 3.8) is 0 Å². The number of carbonyl (C=O) groups is 2. The largest absolute Gasteiger partial charge is 0.355 e. The predicted molar refractivity (Wildman–Crippen MR) is 64.4 cm³/mol. The molecule has 1 N–H and O–H groups in total. The standard InChI is InChI=1S/C12H21N3O2/c1-9-8-14(2)4-3-5-15(9)12(17)10-6-11(16)13-7-10/h9-10H,3-8H2,1-2H3,(H,13,16). The van der Waals surface area contributed by atoms with E-state index < -0.39 is 0 Å². The van der Waals surface area contributed by atoms with E-state index in [0.717, 1.165) is 26.1 Å². The molecule has 2 atom stereocenters. The Bertz CT molecular complexity index is 319. The van der Waals surface area contributed by atoms with Crippen LogP contribution in [0.2, 0.25) is 0 Å². The van der Waals surface area contributed by atoms with E-state index >= 15 is 0 Å². The predicted octanol–water partition coefficient (Wildman–Crippen LogP) is -0.325. The van der Waals surface area contributed by atoms with E-state index in [2.05, 4.69) is 24.2 Å². The van der Waals surface area contributed by atoms with E-state index in [9.17, 15) is 9.59 Å². The number of amides is 2. The van der Waals surface area contributed by atoms with Crippen LogP contribution in [0.4, 0.5) is 0 Å². The van der Waals surface area contributed by atoms with Crippen molar-refractivity contribution in [1.29, 1.82) is 0 Å². The van der Waals surface area contributed by atoms with Crippen LogP contribution >= 0.6 is 0 Å². The minimum Gasteiger partial charge on any atom is -0.355 e. The molecule has 0 radical (unpaired) electrons. The maximum atomic E-state index is 12.3. The van der Waals surface area contributed by atoms with Gasteiger partial charge >= 0.3 is 0 Å². The second kappa shape index (κ2) is 5.04. The van der Waals surface area contributed by atoms with Crippen molar-refractivity contribution in [3.8, 4) is 0 Å². The number of nitrogens with one attached hydrogen (secondary N) is 1. The molecule has 5 nitrogen and oxygen atoms in total. The number of hydrogen-bond acceptors (Lipinski definition) is 3. The SMILES string of the molecule is CC1CN(C)CCCN1C(=O)C1CNC(=O)C1. The maximum absolute atomic E-state index is 12.3. The number of likely N-dealkylation sites (N-methyl/N-ethyl adjacent to an activating group) is 1. The number of hydrogen-bond donors (Lipinski definition) is 1. The Labute approximate surface area is 102 Å². The van der Waals surface area contributed by atoms with Gasteiger partial charge < -0.3 is 15.1 Å². The molecule has 0 aliphatic carbocycles. The van der Waals surface area contributed by atoms with Crippen LogP contribution in [0.3, 0.4) is 0 Å². The molecule has 2 heterocycles. The molecule has 0 spiro atoms. The number of carbonyl (C=O) groups excluding carboxylic acids is 2. The van der Waals surface area contributed by atoms with E-state index in [4.69, 9.17) is 0 Å². The van der Waals surface area contributed by atoms with Crippen molar-refractivity contribution in [3.05, 3.63) is 0 Å². The van der Waals surface area contributed by atoms with Crippen molar-refractivity contribution in [2.45, 2.75) is 25.8 Å². The van der Waals surface area contributed by atoms with Crippen molar-refractivity contribution in [1.82, 2.24) is 15.1 Å². The van der Waals surface area contributed by atoms with Crippen LogP contribution in [0.15, 0.2) is 0 Å². The molecule has 2 aliphatic heterocycles. The number of nitrogens with zero attached hydrogens (tertiary/aromatic N) is 2. The van der Waals surface area contributed by atoms with Crippen molar-refractivity contribution >= 4 is 11.8 Å². The Morgan fingerprint density at radius 2 is 2.18 bits per heavy atom. The smallest absolute Gasteiger partial charge is 0.228 e. The first-order valence-corrected chi connectivity index (χ1v) is 6.33. The fourth-order valence-electron chi connectivity index (χ4n) is 2.71. The highest BCUT2D eigenvalue weighted by Gasteiger charge is 2.34. The summed E-state index contributed by atoms with van der Waals surface area (Å²) >= 11 is 0. The average Bonchev–Trinajstić information content (AvgIpc) is 2.62. The summed E-state index contributed by atoms with van der Waals surface area (Å²) in [6, 6.07) is 0.241. The first kappa shape index (κ1) is 12.4.